The number of imidazole rings is 1. The number of hydrogen-bond donors (Lipinski definition) is 3. The molecule has 0 saturated heterocycles. The number of rotatable bonds is 6. The van der Waals surface area contributed by atoms with Crippen LogP contribution >= 0.6 is 0 Å². The number of carbonyl (C=O) groups excluding carboxylic acids is 1. The predicted molar refractivity (Wildman–Crippen MR) is 108 cm³/mol. The van der Waals surface area contributed by atoms with Crippen LogP contribution in [0.3, 0.4) is 0 Å². The molecule has 2 saturated carbocycles. The Balaban J connectivity index is 1.49. The number of amides is 1. The topological polar surface area (TPSA) is 96.2 Å². The smallest absolute Gasteiger partial charge is 0.276 e. The number of nitrogens with zero attached hydrogens (tertiary/aromatic N) is 4. The molecule has 2 fully saturated rings. The van der Waals surface area contributed by atoms with E-state index in [-0.39, 0.29) is 11.4 Å². The van der Waals surface area contributed by atoms with E-state index < -0.39 is 11.7 Å². The van der Waals surface area contributed by atoms with Crippen LogP contribution < -0.4 is 16.0 Å². The molecule has 29 heavy (non-hydrogen) atoms. The molecule has 5 rings (SSSR count). The second kappa shape index (κ2) is 7.31. The molecule has 0 aromatic carbocycles. The van der Waals surface area contributed by atoms with Crippen molar-refractivity contribution >= 4 is 28.7 Å². The lowest BCUT2D eigenvalue weighted by molar-refractivity contribution is 0.102. The van der Waals surface area contributed by atoms with Gasteiger partial charge in [-0.25, -0.2) is 13.9 Å². The summed E-state index contributed by atoms with van der Waals surface area (Å²) in [6.45, 7) is 0. The lowest BCUT2D eigenvalue weighted by atomic mass is 10.2. The van der Waals surface area contributed by atoms with Crippen molar-refractivity contribution in [2.24, 2.45) is 0 Å². The van der Waals surface area contributed by atoms with Crippen LogP contribution in [-0.4, -0.2) is 37.6 Å². The maximum Gasteiger partial charge on any atom is 0.276 e. The molecular weight excluding hydrogens is 373 g/mol. The Morgan fingerprint density at radius 2 is 1.86 bits per heavy atom. The third-order valence-corrected chi connectivity index (χ3v) is 5.37. The first-order chi connectivity index (χ1) is 14.2. The van der Waals surface area contributed by atoms with Crippen LogP contribution in [0.5, 0.6) is 0 Å². The summed E-state index contributed by atoms with van der Waals surface area (Å²) in [5.74, 6) is -0.373. The molecule has 0 spiro atoms. The molecule has 0 unspecified atom stereocenters. The molecule has 1 amide bonds. The van der Waals surface area contributed by atoms with Crippen molar-refractivity contribution in [3.63, 3.8) is 0 Å². The summed E-state index contributed by atoms with van der Waals surface area (Å²) in [4.78, 5) is 20.9. The van der Waals surface area contributed by atoms with Crippen molar-refractivity contribution in [3.8, 4) is 0 Å². The highest BCUT2D eigenvalue weighted by atomic mass is 19.1. The molecule has 0 radical (unpaired) electrons. The molecule has 0 aliphatic heterocycles. The van der Waals surface area contributed by atoms with Gasteiger partial charge in [0.1, 0.15) is 5.82 Å². The highest BCUT2D eigenvalue weighted by Crippen LogP contribution is 2.30. The van der Waals surface area contributed by atoms with Gasteiger partial charge in [-0.3, -0.25) is 9.78 Å². The largest absolute Gasteiger partial charge is 0.379 e. The van der Waals surface area contributed by atoms with E-state index in [9.17, 15) is 9.18 Å². The van der Waals surface area contributed by atoms with E-state index in [1.165, 1.54) is 35.8 Å². The fourth-order valence-corrected chi connectivity index (χ4v) is 3.69. The lowest BCUT2D eigenvalue weighted by Gasteiger charge is -2.15. The number of pyridine rings is 1. The minimum atomic E-state index is -0.595. The average Bonchev–Trinajstić information content (AvgIpc) is 3.19. The fourth-order valence-electron chi connectivity index (χ4n) is 3.69. The zero-order chi connectivity index (χ0) is 19.8. The summed E-state index contributed by atoms with van der Waals surface area (Å²) in [6, 6.07) is 4.20. The molecule has 0 atom stereocenters. The van der Waals surface area contributed by atoms with Crippen molar-refractivity contribution in [3.05, 3.63) is 42.2 Å². The third kappa shape index (κ3) is 3.72. The number of aromatic nitrogens is 4. The number of fused-ring (bicyclic) bond motifs is 1. The van der Waals surface area contributed by atoms with E-state index in [0.717, 1.165) is 37.6 Å². The Morgan fingerprint density at radius 3 is 2.62 bits per heavy atom. The first-order valence-electron chi connectivity index (χ1n) is 10.00. The van der Waals surface area contributed by atoms with Crippen molar-refractivity contribution < 1.29 is 9.18 Å². The second-order valence-electron chi connectivity index (χ2n) is 7.68. The van der Waals surface area contributed by atoms with E-state index in [4.69, 9.17) is 0 Å². The normalized spacial score (nSPS) is 16.9. The highest BCUT2D eigenvalue weighted by molar-refractivity contribution is 6.03. The number of hydrogen-bond acceptors (Lipinski definition) is 6. The van der Waals surface area contributed by atoms with Crippen molar-refractivity contribution in [2.75, 3.05) is 16.0 Å². The van der Waals surface area contributed by atoms with Crippen LogP contribution in [0.15, 0.2) is 30.7 Å². The zero-order valence-corrected chi connectivity index (χ0v) is 15.9. The van der Waals surface area contributed by atoms with Gasteiger partial charge in [-0.05, 0) is 31.7 Å². The van der Waals surface area contributed by atoms with Crippen LogP contribution in [0.4, 0.5) is 21.6 Å². The SMILES string of the molecule is O=C(Nc1ccncc1F)c1cnc2c(NC3CC3)cc(NC3CCCC3)nn12. The summed E-state index contributed by atoms with van der Waals surface area (Å²) in [5.41, 5.74) is 1.73. The second-order valence-corrected chi connectivity index (χ2v) is 7.68. The number of halogens is 1. The summed E-state index contributed by atoms with van der Waals surface area (Å²) in [6.07, 6.45) is 10.8. The van der Waals surface area contributed by atoms with Gasteiger partial charge >= 0.3 is 0 Å². The Morgan fingerprint density at radius 1 is 1.07 bits per heavy atom. The minimum absolute atomic E-state index is 0.0662. The zero-order valence-electron chi connectivity index (χ0n) is 15.9. The average molecular weight is 395 g/mol. The Hall–Kier alpha value is -3.23. The van der Waals surface area contributed by atoms with Gasteiger partial charge in [0.05, 0.1) is 23.8 Å². The lowest BCUT2D eigenvalue weighted by Crippen LogP contribution is -2.20. The summed E-state index contributed by atoms with van der Waals surface area (Å²) < 4.78 is 15.4. The molecule has 2 aliphatic rings. The predicted octanol–water partition coefficient (Wildman–Crippen LogP) is 3.44. The van der Waals surface area contributed by atoms with E-state index in [1.54, 1.807) is 0 Å². The highest BCUT2D eigenvalue weighted by Gasteiger charge is 2.25. The van der Waals surface area contributed by atoms with Crippen LogP contribution in [0.25, 0.3) is 5.65 Å². The van der Waals surface area contributed by atoms with Crippen molar-refractivity contribution in [1.82, 2.24) is 19.6 Å². The minimum Gasteiger partial charge on any atom is -0.379 e. The van der Waals surface area contributed by atoms with Crippen LogP contribution in [0.2, 0.25) is 0 Å². The number of anilines is 3. The summed E-state index contributed by atoms with van der Waals surface area (Å²) >= 11 is 0. The van der Waals surface area contributed by atoms with Gasteiger partial charge in [0, 0.05) is 24.3 Å². The molecule has 0 bridgehead atoms. The van der Waals surface area contributed by atoms with Crippen molar-refractivity contribution in [2.45, 2.75) is 50.6 Å². The van der Waals surface area contributed by atoms with Crippen molar-refractivity contribution in [1.29, 1.82) is 0 Å². The summed E-state index contributed by atoms with van der Waals surface area (Å²) in [7, 11) is 0. The van der Waals surface area contributed by atoms with Crippen LogP contribution in [0, 0.1) is 5.82 Å². The Labute approximate surface area is 166 Å². The molecule has 2 aliphatic carbocycles. The Kier molecular flexibility index (Phi) is 4.49. The molecule has 9 heteroatoms. The number of nitrogens with one attached hydrogen (secondary N) is 3. The Bertz CT molecular complexity index is 1060. The van der Waals surface area contributed by atoms with E-state index in [2.05, 4.69) is 31.0 Å². The molecule has 3 N–H and O–H groups in total. The number of carbonyl (C=O) groups is 1. The molecule has 3 aromatic rings. The van der Waals surface area contributed by atoms with Gasteiger partial charge in [-0.15, -0.1) is 5.10 Å². The van der Waals surface area contributed by atoms with Gasteiger partial charge < -0.3 is 16.0 Å². The van der Waals surface area contributed by atoms with Crippen LogP contribution in [-0.2, 0) is 0 Å². The standard InChI is InChI=1S/C20H22FN7O/c21-14-10-22-8-7-15(14)26-20(29)17-11-23-19-16(24-13-5-6-13)9-18(27-28(17)19)25-12-3-1-2-4-12/h7-13,24H,1-6H2,(H,25,27)(H,22,26,29). The van der Waals surface area contributed by atoms with Gasteiger partial charge in [0.25, 0.3) is 5.91 Å². The maximum absolute atomic E-state index is 13.9. The van der Waals surface area contributed by atoms with Gasteiger partial charge in [-0.1, -0.05) is 12.8 Å². The first kappa shape index (κ1) is 17.8. The van der Waals surface area contributed by atoms with Gasteiger partial charge in [0.2, 0.25) is 0 Å². The van der Waals surface area contributed by atoms with E-state index in [1.807, 2.05) is 6.07 Å². The van der Waals surface area contributed by atoms with Gasteiger partial charge in [-0.2, -0.15) is 0 Å². The van der Waals surface area contributed by atoms with Crippen LogP contribution in [0.1, 0.15) is 49.0 Å². The first-order valence-corrected chi connectivity index (χ1v) is 10.00. The molecule has 8 nitrogen and oxygen atoms in total. The van der Waals surface area contributed by atoms with E-state index >= 15 is 0 Å². The monoisotopic (exact) mass is 395 g/mol. The molecular formula is C20H22FN7O. The van der Waals surface area contributed by atoms with Gasteiger partial charge in [0.15, 0.2) is 17.2 Å². The molecule has 150 valence electrons. The molecule has 3 heterocycles. The quantitative estimate of drug-likeness (QED) is 0.592. The summed E-state index contributed by atoms with van der Waals surface area (Å²) in [5, 5.41) is 14.1. The fraction of sp³-hybridized carbons (Fsp3) is 0.400. The maximum atomic E-state index is 13.9. The molecule has 3 aromatic heterocycles. The third-order valence-electron chi connectivity index (χ3n) is 5.37. The van der Waals surface area contributed by atoms with E-state index in [0.29, 0.717) is 23.5 Å².